The third kappa shape index (κ3) is 4.43. The van der Waals surface area contributed by atoms with Crippen LogP contribution in [0.2, 0.25) is 0 Å². The van der Waals surface area contributed by atoms with E-state index in [1.807, 2.05) is 0 Å². The van der Waals surface area contributed by atoms with Crippen molar-refractivity contribution in [3.8, 4) is 0 Å². The highest BCUT2D eigenvalue weighted by Crippen LogP contribution is 2.37. The summed E-state index contributed by atoms with van der Waals surface area (Å²) in [6.07, 6.45) is -5.66. The van der Waals surface area contributed by atoms with Gasteiger partial charge in [-0.25, -0.2) is 12.8 Å². The molecule has 1 heterocycles. The maximum atomic E-state index is 13.0. The molecule has 11 heteroatoms. The van der Waals surface area contributed by atoms with Gasteiger partial charge in [-0.15, -0.1) is 0 Å². The summed E-state index contributed by atoms with van der Waals surface area (Å²) in [6, 6.07) is 13.3. The average molecular weight is 465 g/mol. The number of anilines is 2. The minimum atomic E-state index is -4.62. The lowest BCUT2D eigenvalue weighted by Gasteiger charge is -2.29. The van der Waals surface area contributed by atoms with Crippen LogP contribution in [-0.4, -0.2) is 14.3 Å². The van der Waals surface area contributed by atoms with Gasteiger partial charge in [0.15, 0.2) is 0 Å². The molecular formula is C21H15F4N3O3S. The maximum Gasteiger partial charge on any atom is 0.416 e. The van der Waals surface area contributed by atoms with Crippen LogP contribution in [0, 0.1) is 5.82 Å². The van der Waals surface area contributed by atoms with Crippen LogP contribution in [0.15, 0.2) is 71.6 Å². The van der Waals surface area contributed by atoms with E-state index in [1.165, 1.54) is 48.5 Å². The standard InChI is InChI=1S/C21H15F4N3O3S/c22-15-6-8-16(9-7-15)26-20(29)13-3-1-12(2-4-13)19-27-17-11-14(21(23,24)25)5-10-18(17)32(30,31)28-19/h1-11,19,27-28H,(H,26,29)/t19-/m0/s1. The first-order chi connectivity index (χ1) is 15.0. The second-order valence-corrected chi connectivity index (χ2v) is 8.67. The van der Waals surface area contributed by atoms with Crippen LogP contribution in [0.3, 0.4) is 0 Å². The predicted molar refractivity (Wildman–Crippen MR) is 109 cm³/mol. The van der Waals surface area contributed by atoms with Crippen molar-refractivity contribution in [3.05, 3.63) is 89.2 Å². The molecule has 0 unspecified atom stereocenters. The van der Waals surface area contributed by atoms with E-state index in [9.17, 15) is 30.8 Å². The lowest BCUT2D eigenvalue weighted by molar-refractivity contribution is -0.137. The normalized spacial score (nSPS) is 17.2. The minimum absolute atomic E-state index is 0.179. The number of nitrogens with one attached hydrogen (secondary N) is 3. The first kappa shape index (κ1) is 21.8. The average Bonchev–Trinajstić information content (AvgIpc) is 2.74. The van der Waals surface area contributed by atoms with Crippen molar-refractivity contribution in [1.29, 1.82) is 0 Å². The summed E-state index contributed by atoms with van der Waals surface area (Å²) >= 11 is 0. The number of carbonyl (C=O) groups is 1. The summed E-state index contributed by atoms with van der Waals surface area (Å²) in [4.78, 5) is 12.1. The molecular weight excluding hydrogens is 450 g/mol. The van der Waals surface area contributed by atoms with Gasteiger partial charge in [-0.3, -0.25) is 4.79 Å². The van der Waals surface area contributed by atoms with E-state index >= 15 is 0 Å². The molecule has 0 radical (unpaired) electrons. The molecule has 1 amide bonds. The summed E-state index contributed by atoms with van der Waals surface area (Å²) in [6.45, 7) is 0. The van der Waals surface area contributed by atoms with Crippen molar-refractivity contribution in [3.63, 3.8) is 0 Å². The van der Waals surface area contributed by atoms with Gasteiger partial charge in [-0.05, 0) is 60.2 Å². The predicted octanol–water partition coefficient (Wildman–Crippen LogP) is 4.50. The summed E-state index contributed by atoms with van der Waals surface area (Å²) in [5, 5.41) is 5.34. The van der Waals surface area contributed by atoms with Gasteiger partial charge in [0.1, 0.15) is 16.9 Å². The van der Waals surface area contributed by atoms with E-state index in [0.717, 1.165) is 12.1 Å². The van der Waals surface area contributed by atoms with Gasteiger partial charge in [0, 0.05) is 11.3 Å². The van der Waals surface area contributed by atoms with Gasteiger partial charge >= 0.3 is 6.18 Å². The topological polar surface area (TPSA) is 87.3 Å². The first-order valence-electron chi connectivity index (χ1n) is 9.20. The molecule has 1 aliphatic heterocycles. The molecule has 0 saturated heterocycles. The highest BCUT2D eigenvalue weighted by molar-refractivity contribution is 7.89. The van der Waals surface area contributed by atoms with Crippen LogP contribution in [-0.2, 0) is 16.2 Å². The van der Waals surface area contributed by atoms with Crippen LogP contribution in [0.4, 0.5) is 28.9 Å². The van der Waals surface area contributed by atoms with Gasteiger partial charge in [0.05, 0.1) is 11.3 Å². The number of fused-ring (bicyclic) bond motifs is 1. The van der Waals surface area contributed by atoms with Crippen molar-refractivity contribution in [2.75, 3.05) is 10.6 Å². The fourth-order valence-electron chi connectivity index (χ4n) is 3.17. The Morgan fingerprint density at radius 2 is 1.59 bits per heavy atom. The smallest absolute Gasteiger partial charge is 0.364 e. The largest absolute Gasteiger partial charge is 0.416 e. The zero-order valence-corrected chi connectivity index (χ0v) is 16.9. The van der Waals surface area contributed by atoms with Crippen LogP contribution in [0.25, 0.3) is 0 Å². The Hall–Kier alpha value is -3.44. The van der Waals surface area contributed by atoms with Crippen molar-refractivity contribution in [2.45, 2.75) is 17.2 Å². The Labute approximate surface area is 180 Å². The van der Waals surface area contributed by atoms with E-state index in [-0.39, 0.29) is 16.1 Å². The Morgan fingerprint density at radius 3 is 2.22 bits per heavy atom. The summed E-state index contributed by atoms with van der Waals surface area (Å²) in [7, 11) is -4.06. The molecule has 6 nitrogen and oxygen atoms in total. The maximum absolute atomic E-state index is 13.0. The second-order valence-electron chi connectivity index (χ2n) is 6.99. The monoisotopic (exact) mass is 465 g/mol. The minimum Gasteiger partial charge on any atom is -0.364 e. The van der Waals surface area contributed by atoms with Crippen molar-refractivity contribution in [2.24, 2.45) is 0 Å². The van der Waals surface area contributed by atoms with Crippen LogP contribution < -0.4 is 15.4 Å². The molecule has 166 valence electrons. The number of sulfonamides is 1. The summed E-state index contributed by atoms with van der Waals surface area (Å²) in [5.74, 6) is -0.917. The van der Waals surface area contributed by atoms with Gasteiger partial charge in [-0.1, -0.05) is 12.1 Å². The van der Waals surface area contributed by atoms with Gasteiger partial charge in [0.2, 0.25) is 10.0 Å². The molecule has 3 aromatic rings. The van der Waals surface area contributed by atoms with Gasteiger partial charge in [-0.2, -0.15) is 17.9 Å². The fourth-order valence-corrected chi connectivity index (χ4v) is 4.46. The number of hydrogen-bond acceptors (Lipinski definition) is 4. The molecule has 0 fully saturated rings. The second kappa shape index (κ2) is 7.92. The van der Waals surface area contributed by atoms with E-state index in [4.69, 9.17) is 0 Å². The Balaban J connectivity index is 1.55. The quantitative estimate of drug-likeness (QED) is 0.497. The number of carbonyl (C=O) groups excluding carboxylic acids is 1. The summed E-state index contributed by atoms with van der Waals surface area (Å²) in [5.41, 5.74) is -0.139. The molecule has 32 heavy (non-hydrogen) atoms. The molecule has 1 atom stereocenters. The molecule has 4 rings (SSSR count). The van der Waals surface area contributed by atoms with E-state index in [0.29, 0.717) is 17.3 Å². The number of alkyl halides is 3. The molecule has 0 aliphatic carbocycles. The van der Waals surface area contributed by atoms with Crippen molar-refractivity contribution in [1.82, 2.24) is 4.72 Å². The first-order valence-corrected chi connectivity index (χ1v) is 10.7. The number of halogens is 4. The van der Waals surface area contributed by atoms with Crippen molar-refractivity contribution < 1.29 is 30.8 Å². The SMILES string of the molecule is O=C(Nc1ccc(F)cc1)c1ccc([C@H]2Nc3cc(C(F)(F)F)ccc3S(=O)(=O)N2)cc1. The lowest BCUT2D eigenvalue weighted by atomic mass is 10.1. The van der Waals surface area contributed by atoms with Crippen LogP contribution in [0.1, 0.15) is 27.7 Å². The molecule has 1 aliphatic rings. The van der Waals surface area contributed by atoms with Crippen LogP contribution in [0.5, 0.6) is 0 Å². The zero-order chi connectivity index (χ0) is 23.1. The Morgan fingerprint density at radius 1 is 0.938 bits per heavy atom. The van der Waals surface area contributed by atoms with E-state index in [1.54, 1.807) is 0 Å². The number of rotatable bonds is 3. The molecule has 0 aromatic heterocycles. The van der Waals surface area contributed by atoms with Crippen LogP contribution >= 0.6 is 0 Å². The molecule has 3 aromatic carbocycles. The third-order valence-corrected chi connectivity index (χ3v) is 6.26. The molecule has 3 N–H and O–H groups in total. The Kier molecular flexibility index (Phi) is 5.39. The zero-order valence-electron chi connectivity index (χ0n) is 16.1. The highest BCUT2D eigenvalue weighted by Gasteiger charge is 2.35. The molecule has 0 saturated carbocycles. The van der Waals surface area contributed by atoms with Gasteiger partial charge < -0.3 is 10.6 Å². The molecule has 0 bridgehead atoms. The number of benzene rings is 3. The van der Waals surface area contributed by atoms with Gasteiger partial charge in [0.25, 0.3) is 5.91 Å². The fraction of sp³-hybridized carbons (Fsp3) is 0.0952. The highest BCUT2D eigenvalue weighted by atomic mass is 32.2. The summed E-state index contributed by atoms with van der Waals surface area (Å²) < 4.78 is 79.4. The number of hydrogen-bond donors (Lipinski definition) is 3. The van der Waals surface area contributed by atoms with E-state index < -0.39 is 39.7 Å². The van der Waals surface area contributed by atoms with Crippen molar-refractivity contribution >= 4 is 27.3 Å². The molecule has 0 spiro atoms. The Bertz CT molecular complexity index is 1280. The number of amides is 1. The third-order valence-electron chi connectivity index (χ3n) is 4.78. The van der Waals surface area contributed by atoms with E-state index in [2.05, 4.69) is 15.4 Å². The lowest BCUT2D eigenvalue weighted by Crippen LogP contribution is -2.38.